The van der Waals surface area contributed by atoms with E-state index in [9.17, 15) is 14.4 Å². The number of aliphatic hydroxyl groups is 1. The van der Waals surface area contributed by atoms with E-state index >= 15 is 0 Å². The number of thiophene rings is 1. The van der Waals surface area contributed by atoms with E-state index in [-0.39, 0.29) is 32.0 Å². The Morgan fingerprint density at radius 3 is 2.89 bits per heavy atom. The smallest absolute Gasteiger partial charge is 0.414 e. The summed E-state index contributed by atoms with van der Waals surface area (Å²) in [4.78, 5) is 45.0. The van der Waals surface area contributed by atoms with Crippen LogP contribution in [-0.2, 0) is 14.4 Å². The van der Waals surface area contributed by atoms with Crippen molar-refractivity contribution in [2.45, 2.75) is 25.0 Å². The summed E-state index contributed by atoms with van der Waals surface area (Å²) < 4.78 is 6.12. The van der Waals surface area contributed by atoms with Gasteiger partial charge in [-0.15, -0.1) is 11.3 Å². The second kappa shape index (κ2) is 11.1. The molecule has 1 aromatic carbocycles. The molecular formula is C22H26ClN5O6S. The van der Waals surface area contributed by atoms with Crippen molar-refractivity contribution in [1.29, 1.82) is 0 Å². The SMILES string of the molecule is NC1CC(CNC(=O)c2ccc(Cl)s2)C2CN(C(=O)O2)c2ccc(NCCCO)c(c2)NOC1=O. The lowest BCUT2D eigenvalue weighted by molar-refractivity contribution is -0.142. The minimum absolute atomic E-state index is 0.0292. The zero-order valence-corrected chi connectivity index (χ0v) is 20.2. The molecule has 2 amide bonds. The van der Waals surface area contributed by atoms with Crippen LogP contribution in [0.15, 0.2) is 30.3 Å². The number of benzene rings is 1. The van der Waals surface area contributed by atoms with E-state index in [0.29, 0.717) is 39.2 Å². The van der Waals surface area contributed by atoms with E-state index in [1.54, 1.807) is 30.3 Å². The number of ether oxygens (including phenoxy) is 1. The maximum atomic E-state index is 12.7. The molecule has 0 radical (unpaired) electrons. The average Bonchev–Trinajstić information content (AvgIpc) is 3.45. The highest BCUT2D eigenvalue weighted by molar-refractivity contribution is 7.18. The van der Waals surface area contributed by atoms with Crippen LogP contribution in [0.4, 0.5) is 21.9 Å². The van der Waals surface area contributed by atoms with E-state index in [1.165, 1.54) is 4.90 Å². The third-order valence-electron chi connectivity index (χ3n) is 5.77. The molecule has 6 N–H and O–H groups in total. The van der Waals surface area contributed by atoms with Crippen molar-refractivity contribution in [2.75, 3.05) is 41.9 Å². The molecule has 3 heterocycles. The molecule has 4 rings (SSSR count). The molecule has 35 heavy (non-hydrogen) atoms. The molecule has 1 aromatic heterocycles. The van der Waals surface area contributed by atoms with Crippen molar-refractivity contribution in [3.8, 4) is 0 Å². The van der Waals surface area contributed by atoms with Crippen LogP contribution in [0.2, 0.25) is 4.34 Å². The number of fused-ring (bicyclic) bond motifs is 5. The molecule has 11 nitrogen and oxygen atoms in total. The van der Waals surface area contributed by atoms with E-state index in [4.69, 9.17) is 32.0 Å². The number of hydrogen-bond donors (Lipinski definition) is 5. The molecule has 1 fully saturated rings. The van der Waals surface area contributed by atoms with E-state index in [0.717, 1.165) is 11.3 Å². The number of rotatable bonds is 7. The maximum Gasteiger partial charge on any atom is 0.414 e. The summed E-state index contributed by atoms with van der Waals surface area (Å²) in [6, 6.07) is 7.36. The fraction of sp³-hybridized carbons (Fsp3) is 0.409. The molecule has 2 aliphatic heterocycles. The van der Waals surface area contributed by atoms with Gasteiger partial charge in [-0.3, -0.25) is 9.69 Å². The zero-order chi connectivity index (χ0) is 24.9. The Morgan fingerprint density at radius 2 is 2.14 bits per heavy atom. The number of hydrogen-bond acceptors (Lipinski definition) is 10. The van der Waals surface area contributed by atoms with Crippen LogP contribution in [0.3, 0.4) is 0 Å². The van der Waals surface area contributed by atoms with Crippen LogP contribution in [0.5, 0.6) is 0 Å². The van der Waals surface area contributed by atoms with Crippen LogP contribution in [0, 0.1) is 5.92 Å². The lowest BCUT2D eigenvalue weighted by atomic mass is 9.94. The molecule has 0 aliphatic carbocycles. The number of carbonyl (C=O) groups excluding carboxylic acids is 3. The predicted octanol–water partition coefficient (Wildman–Crippen LogP) is 2.17. The normalized spacial score (nSPS) is 21.8. The van der Waals surface area contributed by atoms with Crippen molar-refractivity contribution >= 4 is 58.0 Å². The van der Waals surface area contributed by atoms with E-state index in [2.05, 4.69) is 16.1 Å². The van der Waals surface area contributed by atoms with Crippen molar-refractivity contribution in [2.24, 2.45) is 11.7 Å². The topological polar surface area (TPSA) is 155 Å². The van der Waals surface area contributed by atoms with Gasteiger partial charge in [0.15, 0.2) is 0 Å². The minimum Gasteiger partial charge on any atom is -0.444 e. The Morgan fingerprint density at radius 1 is 1.31 bits per heavy atom. The van der Waals surface area contributed by atoms with E-state index < -0.39 is 30.1 Å². The van der Waals surface area contributed by atoms with Crippen LogP contribution >= 0.6 is 22.9 Å². The Labute approximate surface area is 210 Å². The van der Waals surface area contributed by atoms with Crippen LogP contribution in [0.25, 0.3) is 0 Å². The second-order valence-corrected chi connectivity index (χ2v) is 9.92. The first-order valence-electron chi connectivity index (χ1n) is 11.1. The number of amides is 2. The number of nitrogens with zero attached hydrogens (tertiary/aromatic N) is 1. The fourth-order valence-electron chi connectivity index (χ4n) is 3.90. The first-order valence-corrected chi connectivity index (χ1v) is 12.3. The van der Waals surface area contributed by atoms with Crippen molar-refractivity contribution in [3.05, 3.63) is 39.5 Å². The molecule has 3 unspecified atom stereocenters. The monoisotopic (exact) mass is 523 g/mol. The molecule has 0 spiro atoms. The standard InChI is InChI=1S/C22H26ClN5O6S/c23-19-5-4-18(35-19)20(30)26-10-12-8-14(24)21(31)34-27-16-9-13(28-11-17(12)33-22(28)32)2-3-15(16)25-6-1-7-29/h2-5,9,12,14,17,25,27,29H,1,6-8,10-11,24H2,(H,26,30). The van der Waals surface area contributed by atoms with Crippen LogP contribution in [0.1, 0.15) is 22.5 Å². The molecule has 13 heteroatoms. The quantitative estimate of drug-likeness (QED) is 0.343. The molecule has 2 aromatic rings. The first-order chi connectivity index (χ1) is 16.9. The van der Waals surface area contributed by atoms with Gasteiger partial charge in [-0.1, -0.05) is 11.6 Å². The number of anilines is 3. The zero-order valence-electron chi connectivity index (χ0n) is 18.7. The van der Waals surface area contributed by atoms with Gasteiger partial charge < -0.3 is 31.0 Å². The van der Waals surface area contributed by atoms with Gasteiger partial charge in [0, 0.05) is 31.3 Å². The molecule has 4 bridgehead atoms. The number of aliphatic hydroxyl groups excluding tert-OH is 1. The highest BCUT2D eigenvalue weighted by atomic mass is 35.5. The van der Waals surface area contributed by atoms with Gasteiger partial charge in [0.2, 0.25) is 0 Å². The Balaban J connectivity index is 1.55. The predicted molar refractivity (Wildman–Crippen MR) is 132 cm³/mol. The van der Waals surface area contributed by atoms with Crippen LogP contribution in [-0.4, -0.2) is 61.5 Å². The lowest BCUT2D eigenvalue weighted by Gasteiger charge is -2.25. The first kappa shape index (κ1) is 25.0. The average molecular weight is 524 g/mol. The van der Waals surface area contributed by atoms with E-state index in [1.807, 2.05) is 0 Å². The number of halogens is 1. The van der Waals surface area contributed by atoms with Crippen molar-refractivity contribution < 1.29 is 29.1 Å². The highest BCUT2D eigenvalue weighted by Crippen LogP contribution is 2.33. The third kappa shape index (κ3) is 5.96. The number of carbonyl (C=O) groups is 3. The van der Waals surface area contributed by atoms with Crippen molar-refractivity contribution in [3.63, 3.8) is 0 Å². The third-order valence-corrected chi connectivity index (χ3v) is 7.00. The summed E-state index contributed by atoms with van der Waals surface area (Å²) >= 11 is 7.06. The highest BCUT2D eigenvalue weighted by Gasteiger charge is 2.39. The fourth-order valence-corrected chi connectivity index (χ4v) is 4.86. The lowest BCUT2D eigenvalue weighted by Crippen LogP contribution is -2.43. The van der Waals surface area contributed by atoms with Crippen LogP contribution < -0.4 is 26.7 Å². The number of nitrogens with one attached hydrogen (secondary N) is 3. The van der Waals surface area contributed by atoms with Crippen molar-refractivity contribution in [1.82, 2.24) is 5.32 Å². The molecule has 0 saturated carbocycles. The number of nitrogens with two attached hydrogens (primary N) is 1. The Hall–Kier alpha value is -3.06. The largest absolute Gasteiger partial charge is 0.444 e. The minimum atomic E-state index is -1.03. The van der Waals surface area contributed by atoms with Gasteiger partial charge in [0.05, 0.1) is 27.1 Å². The summed E-state index contributed by atoms with van der Waals surface area (Å²) in [5.41, 5.74) is 10.3. The Kier molecular flexibility index (Phi) is 7.96. The summed E-state index contributed by atoms with van der Waals surface area (Å²) in [5.74, 6) is -1.45. The summed E-state index contributed by atoms with van der Waals surface area (Å²) in [5, 5.41) is 15.0. The van der Waals surface area contributed by atoms with Gasteiger partial charge in [0.25, 0.3) is 5.91 Å². The molecule has 2 aliphatic rings. The summed E-state index contributed by atoms with van der Waals surface area (Å²) in [6.07, 6.45) is -0.494. The maximum absolute atomic E-state index is 12.7. The van der Waals surface area contributed by atoms with Gasteiger partial charge in [-0.05, 0) is 43.2 Å². The van der Waals surface area contributed by atoms with Gasteiger partial charge in [0.1, 0.15) is 12.1 Å². The Bertz CT molecular complexity index is 1100. The second-order valence-electron chi connectivity index (χ2n) is 8.21. The molecule has 1 saturated heterocycles. The van der Waals surface area contributed by atoms with Gasteiger partial charge in [-0.25, -0.2) is 15.1 Å². The molecule has 188 valence electrons. The summed E-state index contributed by atoms with van der Waals surface area (Å²) in [7, 11) is 0. The summed E-state index contributed by atoms with van der Waals surface area (Å²) in [6.45, 7) is 0.883. The van der Waals surface area contributed by atoms with Gasteiger partial charge in [-0.2, -0.15) is 0 Å². The molecule has 3 atom stereocenters. The van der Waals surface area contributed by atoms with Gasteiger partial charge >= 0.3 is 12.1 Å². The molecular weight excluding hydrogens is 498 g/mol.